The van der Waals surface area contributed by atoms with E-state index < -0.39 is 0 Å². The zero-order chi connectivity index (χ0) is 17.8. The Morgan fingerprint density at radius 2 is 1.68 bits per heavy atom. The minimum Gasteiger partial charge on any atom is -0.326 e. The summed E-state index contributed by atoms with van der Waals surface area (Å²) in [5.74, 6) is -0.304. The molecule has 0 spiro atoms. The number of benzene rings is 2. The second-order valence-electron chi connectivity index (χ2n) is 6.12. The molecule has 0 unspecified atom stereocenters. The summed E-state index contributed by atoms with van der Waals surface area (Å²) < 4.78 is 14.4. The molecule has 2 N–H and O–H groups in total. The molecule has 1 saturated carbocycles. The summed E-state index contributed by atoms with van der Waals surface area (Å²) in [5, 5.41) is 5.62. The Balaban J connectivity index is 1.49. The van der Waals surface area contributed by atoms with Gasteiger partial charge < -0.3 is 10.6 Å². The van der Waals surface area contributed by atoms with Gasteiger partial charge in [-0.1, -0.05) is 22.0 Å². The van der Waals surface area contributed by atoms with E-state index in [2.05, 4.69) is 26.6 Å². The minimum absolute atomic E-state index is 0.0494. The molecule has 2 aromatic carbocycles. The van der Waals surface area contributed by atoms with E-state index >= 15 is 0 Å². The number of rotatable bonds is 6. The summed E-state index contributed by atoms with van der Waals surface area (Å²) in [6.07, 6.45) is 2.44. The van der Waals surface area contributed by atoms with Crippen LogP contribution in [0.2, 0.25) is 0 Å². The number of halogens is 2. The quantitative estimate of drug-likeness (QED) is 0.743. The van der Waals surface area contributed by atoms with Crippen LogP contribution in [0, 0.1) is 11.7 Å². The zero-order valence-corrected chi connectivity index (χ0v) is 15.1. The minimum atomic E-state index is -0.321. The van der Waals surface area contributed by atoms with Gasteiger partial charge in [0.25, 0.3) is 0 Å². The largest absolute Gasteiger partial charge is 0.326 e. The Morgan fingerprint density at radius 1 is 1.04 bits per heavy atom. The second-order valence-corrected chi connectivity index (χ2v) is 7.04. The van der Waals surface area contributed by atoms with Crippen molar-refractivity contribution in [3.05, 3.63) is 58.3 Å². The predicted molar refractivity (Wildman–Crippen MR) is 98.8 cm³/mol. The van der Waals surface area contributed by atoms with Crippen LogP contribution in [0.5, 0.6) is 0 Å². The van der Waals surface area contributed by atoms with Crippen molar-refractivity contribution in [2.75, 3.05) is 10.6 Å². The first-order valence-electron chi connectivity index (χ1n) is 8.16. The normalized spacial score (nSPS) is 13.4. The van der Waals surface area contributed by atoms with Crippen LogP contribution in [-0.4, -0.2) is 11.8 Å². The van der Waals surface area contributed by atoms with Gasteiger partial charge in [0.2, 0.25) is 11.8 Å². The van der Waals surface area contributed by atoms with Gasteiger partial charge in [-0.2, -0.15) is 0 Å². The summed E-state index contributed by atoms with van der Waals surface area (Å²) in [4.78, 5) is 23.7. The van der Waals surface area contributed by atoms with Gasteiger partial charge in [-0.25, -0.2) is 4.39 Å². The molecule has 0 aliphatic heterocycles. The fourth-order valence-corrected chi connectivity index (χ4v) is 2.76. The highest BCUT2D eigenvalue weighted by Crippen LogP contribution is 2.30. The van der Waals surface area contributed by atoms with Crippen LogP contribution < -0.4 is 10.6 Å². The maximum absolute atomic E-state index is 13.7. The molecule has 0 heterocycles. The number of carbonyl (C=O) groups is 2. The lowest BCUT2D eigenvalue weighted by molar-refractivity contribution is -0.117. The molecule has 2 aromatic rings. The number of amides is 2. The third kappa shape index (κ3) is 5.13. The van der Waals surface area contributed by atoms with E-state index in [4.69, 9.17) is 0 Å². The number of nitrogens with one attached hydrogen (secondary N) is 2. The van der Waals surface area contributed by atoms with Gasteiger partial charge in [-0.15, -0.1) is 0 Å². The molecule has 0 bridgehead atoms. The van der Waals surface area contributed by atoms with E-state index in [0.29, 0.717) is 27.8 Å². The molecule has 0 atom stereocenters. The van der Waals surface area contributed by atoms with Gasteiger partial charge >= 0.3 is 0 Å². The third-order valence-electron chi connectivity index (χ3n) is 4.02. The summed E-state index contributed by atoms with van der Waals surface area (Å²) in [6.45, 7) is 0. The summed E-state index contributed by atoms with van der Waals surface area (Å²) in [7, 11) is 0. The Kier molecular flexibility index (Phi) is 5.48. The first-order valence-corrected chi connectivity index (χ1v) is 8.95. The van der Waals surface area contributed by atoms with E-state index in [1.54, 1.807) is 36.4 Å². The van der Waals surface area contributed by atoms with Gasteiger partial charge in [0, 0.05) is 28.2 Å². The fourth-order valence-electron chi connectivity index (χ4n) is 2.42. The first-order chi connectivity index (χ1) is 12.0. The molecule has 3 rings (SSSR count). The number of carbonyl (C=O) groups excluding carboxylic acids is 2. The molecule has 0 aromatic heterocycles. The Bertz CT molecular complexity index is 789. The third-order valence-corrected chi connectivity index (χ3v) is 4.51. The van der Waals surface area contributed by atoms with Gasteiger partial charge in [-0.3, -0.25) is 9.59 Å². The zero-order valence-electron chi connectivity index (χ0n) is 13.5. The summed E-state index contributed by atoms with van der Waals surface area (Å²) in [5.41, 5.74) is 1.87. The van der Waals surface area contributed by atoms with Crippen molar-refractivity contribution in [1.82, 2.24) is 0 Å². The molecule has 2 amide bonds. The maximum atomic E-state index is 13.7. The molecule has 1 fully saturated rings. The van der Waals surface area contributed by atoms with Gasteiger partial charge in [0.05, 0.1) is 0 Å². The van der Waals surface area contributed by atoms with Crippen molar-refractivity contribution in [3.8, 4) is 0 Å². The van der Waals surface area contributed by atoms with Crippen LogP contribution in [0.1, 0.15) is 24.8 Å². The second kappa shape index (κ2) is 7.78. The van der Waals surface area contributed by atoms with E-state index in [1.165, 1.54) is 6.07 Å². The van der Waals surface area contributed by atoms with Gasteiger partial charge in [0.1, 0.15) is 5.82 Å². The lowest BCUT2D eigenvalue weighted by atomic mass is 10.1. The fraction of sp³-hybridized carbons (Fsp3) is 0.263. The van der Waals surface area contributed by atoms with E-state index in [9.17, 15) is 14.0 Å². The maximum Gasteiger partial charge on any atom is 0.227 e. The summed E-state index contributed by atoms with van der Waals surface area (Å²) in [6, 6.07) is 11.8. The van der Waals surface area contributed by atoms with Crippen LogP contribution in [0.25, 0.3) is 0 Å². The van der Waals surface area contributed by atoms with Gasteiger partial charge in [0.15, 0.2) is 0 Å². The molecule has 6 heteroatoms. The Morgan fingerprint density at radius 3 is 2.28 bits per heavy atom. The Hall–Kier alpha value is -2.21. The standard InChI is InChI=1S/C19H18BrFN2O2/c20-14-5-3-12(17(21)11-14)4-10-18(24)22-15-6-8-16(9-7-15)23-19(25)13-1-2-13/h3,5-9,11,13H,1-2,4,10H2,(H,22,24)(H,23,25). The lowest BCUT2D eigenvalue weighted by Gasteiger charge is -2.08. The Labute approximate surface area is 153 Å². The van der Waals surface area contributed by atoms with Crippen molar-refractivity contribution in [2.24, 2.45) is 5.92 Å². The van der Waals surface area contributed by atoms with Crippen LogP contribution in [0.3, 0.4) is 0 Å². The average Bonchev–Trinajstić information content (AvgIpc) is 3.41. The molecule has 130 valence electrons. The lowest BCUT2D eigenvalue weighted by Crippen LogP contribution is -2.14. The molecule has 0 saturated heterocycles. The average molecular weight is 405 g/mol. The smallest absolute Gasteiger partial charge is 0.227 e. The number of hydrogen-bond donors (Lipinski definition) is 2. The monoisotopic (exact) mass is 404 g/mol. The highest BCUT2D eigenvalue weighted by atomic mass is 79.9. The molecular weight excluding hydrogens is 387 g/mol. The highest BCUT2D eigenvalue weighted by molar-refractivity contribution is 9.10. The van der Waals surface area contributed by atoms with E-state index in [1.807, 2.05) is 0 Å². The van der Waals surface area contributed by atoms with Crippen molar-refractivity contribution in [1.29, 1.82) is 0 Å². The predicted octanol–water partition coefficient (Wildman–Crippen LogP) is 4.51. The summed E-state index contributed by atoms with van der Waals surface area (Å²) >= 11 is 3.21. The van der Waals surface area contributed by atoms with Gasteiger partial charge in [-0.05, 0) is 61.2 Å². The van der Waals surface area contributed by atoms with E-state index in [-0.39, 0.29) is 30.0 Å². The van der Waals surface area contributed by atoms with E-state index in [0.717, 1.165) is 12.8 Å². The topological polar surface area (TPSA) is 58.2 Å². The number of anilines is 2. The van der Waals surface area contributed by atoms with Crippen LogP contribution in [0.4, 0.5) is 15.8 Å². The van der Waals surface area contributed by atoms with Crippen molar-refractivity contribution < 1.29 is 14.0 Å². The molecule has 1 aliphatic rings. The van der Waals surface area contributed by atoms with Crippen molar-refractivity contribution in [3.63, 3.8) is 0 Å². The molecule has 0 radical (unpaired) electrons. The van der Waals surface area contributed by atoms with Crippen molar-refractivity contribution in [2.45, 2.75) is 25.7 Å². The number of hydrogen-bond acceptors (Lipinski definition) is 2. The van der Waals surface area contributed by atoms with Crippen molar-refractivity contribution >= 4 is 39.1 Å². The first kappa shape index (κ1) is 17.6. The highest BCUT2D eigenvalue weighted by Gasteiger charge is 2.29. The molecular formula is C19H18BrFN2O2. The molecule has 4 nitrogen and oxygen atoms in total. The molecule has 25 heavy (non-hydrogen) atoms. The SMILES string of the molecule is O=C(CCc1ccc(Br)cc1F)Nc1ccc(NC(=O)C2CC2)cc1. The van der Waals surface area contributed by atoms with Crippen LogP contribution in [-0.2, 0) is 16.0 Å². The van der Waals surface area contributed by atoms with Crippen LogP contribution in [0.15, 0.2) is 46.9 Å². The number of aryl methyl sites for hydroxylation is 1. The van der Waals surface area contributed by atoms with Crippen LogP contribution >= 0.6 is 15.9 Å². The molecule has 1 aliphatic carbocycles.